The minimum absolute atomic E-state index is 0.445. The Labute approximate surface area is 80.4 Å². The van der Waals surface area contributed by atoms with Crippen LogP contribution in [0.5, 0.6) is 0 Å². The second-order valence-electron chi connectivity index (χ2n) is 4.15. The van der Waals surface area contributed by atoms with Crippen molar-refractivity contribution in [1.82, 2.24) is 0 Å². The molecule has 0 aromatic heterocycles. The fourth-order valence-corrected chi connectivity index (χ4v) is 2.73. The third-order valence-corrected chi connectivity index (χ3v) is 3.99. The van der Waals surface area contributed by atoms with Gasteiger partial charge in [-0.25, -0.2) is 0 Å². The summed E-state index contributed by atoms with van der Waals surface area (Å²) in [6, 6.07) is 0. The average molecular weight is 191 g/mol. The van der Waals surface area contributed by atoms with Crippen molar-refractivity contribution in [3.8, 4) is 0 Å². The summed E-state index contributed by atoms with van der Waals surface area (Å²) in [7, 11) is 1.76. The number of hydrogen-bond acceptors (Lipinski definition) is 1. The summed E-state index contributed by atoms with van der Waals surface area (Å²) < 4.78 is 5.07. The van der Waals surface area contributed by atoms with Gasteiger partial charge in [0, 0.05) is 19.6 Å². The Hall–Kier alpha value is 0.250. The van der Waals surface area contributed by atoms with Crippen LogP contribution in [0.15, 0.2) is 0 Å². The van der Waals surface area contributed by atoms with Crippen LogP contribution in [0.25, 0.3) is 0 Å². The zero-order chi connectivity index (χ0) is 9.19. The predicted octanol–water partition coefficient (Wildman–Crippen LogP) is 2.92. The van der Waals surface area contributed by atoms with Gasteiger partial charge < -0.3 is 4.74 Å². The highest BCUT2D eigenvalue weighted by Gasteiger charge is 2.53. The smallest absolute Gasteiger partial charge is 0.0465 e. The molecule has 3 unspecified atom stereocenters. The van der Waals surface area contributed by atoms with Gasteiger partial charge in [0.05, 0.1) is 0 Å². The van der Waals surface area contributed by atoms with E-state index in [9.17, 15) is 0 Å². The van der Waals surface area contributed by atoms with Gasteiger partial charge >= 0.3 is 0 Å². The van der Waals surface area contributed by atoms with Crippen molar-refractivity contribution in [2.24, 2.45) is 17.3 Å². The Morgan fingerprint density at radius 1 is 1.67 bits per heavy atom. The molecule has 0 saturated heterocycles. The molecule has 1 aliphatic rings. The van der Waals surface area contributed by atoms with Crippen LogP contribution >= 0.6 is 11.6 Å². The Morgan fingerprint density at radius 3 is 2.58 bits per heavy atom. The van der Waals surface area contributed by atoms with Crippen LogP contribution in [0.1, 0.15) is 26.7 Å². The van der Waals surface area contributed by atoms with Crippen molar-refractivity contribution in [2.75, 3.05) is 19.6 Å². The maximum Gasteiger partial charge on any atom is 0.0465 e. The van der Waals surface area contributed by atoms with E-state index in [0.717, 1.165) is 24.8 Å². The Balaban J connectivity index is 2.35. The molecule has 0 N–H and O–H groups in total. The molecule has 12 heavy (non-hydrogen) atoms. The third-order valence-electron chi connectivity index (χ3n) is 3.49. The molecule has 0 amide bonds. The number of alkyl halides is 1. The summed E-state index contributed by atoms with van der Waals surface area (Å²) in [5.74, 6) is 2.35. The molecule has 0 spiro atoms. The van der Waals surface area contributed by atoms with Gasteiger partial charge in [-0.2, -0.15) is 0 Å². The Kier molecular flexibility index (Phi) is 3.42. The van der Waals surface area contributed by atoms with Crippen LogP contribution in [0.3, 0.4) is 0 Å². The fourth-order valence-electron chi connectivity index (χ4n) is 2.10. The monoisotopic (exact) mass is 190 g/mol. The third kappa shape index (κ3) is 1.77. The fraction of sp³-hybridized carbons (Fsp3) is 1.00. The maximum absolute atomic E-state index is 5.98. The van der Waals surface area contributed by atoms with Crippen LogP contribution in [0.2, 0.25) is 0 Å². The molecule has 1 aliphatic carbocycles. The first-order valence-electron chi connectivity index (χ1n) is 4.72. The van der Waals surface area contributed by atoms with E-state index >= 15 is 0 Å². The minimum atomic E-state index is 0.445. The highest BCUT2D eigenvalue weighted by Crippen LogP contribution is 2.59. The van der Waals surface area contributed by atoms with Crippen LogP contribution in [-0.2, 0) is 4.74 Å². The molecule has 0 aromatic rings. The van der Waals surface area contributed by atoms with E-state index in [-0.39, 0.29) is 0 Å². The number of methoxy groups -OCH3 is 1. The summed E-state index contributed by atoms with van der Waals surface area (Å²) >= 11 is 5.98. The summed E-state index contributed by atoms with van der Waals surface area (Å²) in [5, 5.41) is 0. The van der Waals surface area contributed by atoms with Crippen molar-refractivity contribution < 1.29 is 4.74 Å². The summed E-state index contributed by atoms with van der Waals surface area (Å²) in [6.07, 6.45) is 2.45. The topological polar surface area (TPSA) is 9.23 Å². The van der Waals surface area contributed by atoms with Gasteiger partial charge in [0.2, 0.25) is 0 Å². The van der Waals surface area contributed by atoms with Crippen LogP contribution in [0.4, 0.5) is 0 Å². The first-order valence-corrected chi connectivity index (χ1v) is 5.25. The minimum Gasteiger partial charge on any atom is -0.385 e. The lowest BCUT2D eigenvalue weighted by Crippen LogP contribution is -2.18. The van der Waals surface area contributed by atoms with E-state index in [4.69, 9.17) is 16.3 Å². The van der Waals surface area contributed by atoms with Gasteiger partial charge in [-0.3, -0.25) is 0 Å². The zero-order valence-electron chi connectivity index (χ0n) is 8.27. The van der Waals surface area contributed by atoms with Crippen molar-refractivity contribution >= 4 is 11.6 Å². The molecule has 72 valence electrons. The van der Waals surface area contributed by atoms with Gasteiger partial charge in [-0.1, -0.05) is 13.8 Å². The molecule has 0 bridgehead atoms. The predicted molar refractivity (Wildman–Crippen MR) is 52.6 cm³/mol. The summed E-state index contributed by atoms with van der Waals surface area (Å²) in [5.41, 5.74) is 0.445. The summed E-state index contributed by atoms with van der Waals surface area (Å²) in [4.78, 5) is 0. The lowest BCUT2D eigenvalue weighted by Gasteiger charge is -2.21. The molecule has 3 atom stereocenters. The number of ether oxygens (including phenoxy) is 1. The standard InChI is InChI=1S/C10H19ClO/c1-8(4-5-12-3)10(7-11)6-9(10)2/h8-9H,4-7H2,1-3H3. The molecule has 0 aromatic carbocycles. The second kappa shape index (κ2) is 3.97. The number of hydrogen-bond donors (Lipinski definition) is 0. The second-order valence-corrected chi connectivity index (χ2v) is 4.42. The quantitative estimate of drug-likeness (QED) is 0.606. The molecule has 1 rings (SSSR count). The molecule has 1 nitrogen and oxygen atoms in total. The highest BCUT2D eigenvalue weighted by atomic mass is 35.5. The molecular formula is C10H19ClO. The van der Waals surface area contributed by atoms with E-state index in [2.05, 4.69) is 13.8 Å². The Morgan fingerprint density at radius 2 is 2.25 bits per heavy atom. The van der Waals surface area contributed by atoms with Crippen LogP contribution in [-0.4, -0.2) is 19.6 Å². The molecular weight excluding hydrogens is 172 g/mol. The first-order chi connectivity index (χ1) is 5.67. The van der Waals surface area contributed by atoms with Gasteiger partial charge in [0.1, 0.15) is 0 Å². The Bertz CT molecular complexity index is 145. The SMILES string of the molecule is COCCC(C)C1(CCl)CC1C. The summed E-state index contributed by atoms with van der Waals surface area (Å²) in [6.45, 7) is 5.46. The van der Waals surface area contributed by atoms with Gasteiger partial charge in [-0.15, -0.1) is 11.6 Å². The number of halogens is 1. The largest absolute Gasteiger partial charge is 0.385 e. The average Bonchev–Trinajstić information content (AvgIpc) is 2.74. The molecule has 0 aliphatic heterocycles. The van der Waals surface area contributed by atoms with E-state index in [0.29, 0.717) is 11.3 Å². The van der Waals surface area contributed by atoms with E-state index in [1.165, 1.54) is 6.42 Å². The van der Waals surface area contributed by atoms with Crippen LogP contribution in [0, 0.1) is 17.3 Å². The normalized spacial score (nSPS) is 36.5. The van der Waals surface area contributed by atoms with Crippen molar-refractivity contribution in [2.45, 2.75) is 26.7 Å². The molecule has 1 saturated carbocycles. The lowest BCUT2D eigenvalue weighted by molar-refractivity contribution is 0.161. The number of rotatable bonds is 5. The van der Waals surface area contributed by atoms with E-state index < -0.39 is 0 Å². The van der Waals surface area contributed by atoms with Crippen molar-refractivity contribution in [1.29, 1.82) is 0 Å². The van der Waals surface area contributed by atoms with Crippen LogP contribution < -0.4 is 0 Å². The van der Waals surface area contributed by atoms with Gasteiger partial charge in [-0.05, 0) is 30.1 Å². The lowest BCUT2D eigenvalue weighted by atomic mass is 9.88. The first kappa shape index (κ1) is 10.3. The van der Waals surface area contributed by atoms with Crippen molar-refractivity contribution in [3.63, 3.8) is 0 Å². The van der Waals surface area contributed by atoms with Gasteiger partial charge in [0.25, 0.3) is 0 Å². The zero-order valence-corrected chi connectivity index (χ0v) is 9.03. The van der Waals surface area contributed by atoms with E-state index in [1.807, 2.05) is 0 Å². The maximum atomic E-state index is 5.98. The van der Waals surface area contributed by atoms with E-state index in [1.54, 1.807) is 7.11 Å². The highest BCUT2D eigenvalue weighted by molar-refractivity contribution is 6.18. The molecule has 0 heterocycles. The molecule has 0 radical (unpaired) electrons. The molecule has 2 heteroatoms. The van der Waals surface area contributed by atoms with Crippen molar-refractivity contribution in [3.05, 3.63) is 0 Å². The van der Waals surface area contributed by atoms with Gasteiger partial charge in [0.15, 0.2) is 0 Å². The molecule has 1 fully saturated rings.